The second-order valence-electron chi connectivity index (χ2n) is 17.1. The lowest BCUT2D eigenvalue weighted by molar-refractivity contribution is -0.318. The fourth-order valence-electron chi connectivity index (χ4n) is 8.05. The number of ether oxygens (including phenoxy) is 5. The van der Waals surface area contributed by atoms with Crippen molar-refractivity contribution < 1.29 is 54.3 Å². The van der Waals surface area contributed by atoms with Gasteiger partial charge in [-0.3, -0.25) is 0 Å². The molecule has 0 unspecified atom stereocenters. The van der Waals surface area contributed by atoms with Gasteiger partial charge in [0.15, 0.2) is 6.29 Å². The van der Waals surface area contributed by atoms with Gasteiger partial charge in [-0.15, -0.1) is 0 Å². The molecule has 4 rings (SSSR count). The summed E-state index contributed by atoms with van der Waals surface area (Å²) in [6, 6.07) is 0. The summed E-state index contributed by atoms with van der Waals surface area (Å²) in [5.41, 5.74) is 3.44. The Morgan fingerprint density at radius 1 is 0.692 bits per heavy atom. The van der Waals surface area contributed by atoms with Crippen LogP contribution in [-0.4, -0.2) is 104 Å². The van der Waals surface area contributed by atoms with E-state index in [0.717, 1.165) is 65.5 Å². The van der Waals surface area contributed by atoms with E-state index in [0.29, 0.717) is 11.7 Å². The number of hydrogen-bond acceptors (Lipinski definition) is 11. The number of benzene rings is 1. The van der Waals surface area contributed by atoms with Gasteiger partial charge in [0.25, 0.3) is 0 Å². The van der Waals surface area contributed by atoms with Gasteiger partial charge in [0, 0.05) is 5.56 Å². The molecule has 300 valence electrons. The highest BCUT2D eigenvalue weighted by Crippen LogP contribution is 2.46. The van der Waals surface area contributed by atoms with Gasteiger partial charge in [-0.25, -0.2) is 0 Å². The number of aliphatic hydroxyl groups excluding tert-OH is 6. The maximum absolute atomic E-state index is 10.9. The Kier molecular flexibility index (Phi) is 15.7. The molecular formula is C41H70O11. The highest BCUT2D eigenvalue weighted by atomic mass is 16.7. The van der Waals surface area contributed by atoms with E-state index in [2.05, 4.69) is 34.6 Å². The van der Waals surface area contributed by atoms with Crippen LogP contribution in [0.4, 0.5) is 0 Å². The highest BCUT2D eigenvalue weighted by molar-refractivity contribution is 5.59. The van der Waals surface area contributed by atoms with E-state index >= 15 is 0 Å². The molecule has 3 heterocycles. The molecule has 3 aliphatic heterocycles. The average Bonchev–Trinajstić information content (AvgIpc) is 3.09. The first-order valence-corrected chi connectivity index (χ1v) is 19.9. The van der Waals surface area contributed by atoms with Crippen molar-refractivity contribution in [1.29, 1.82) is 0 Å². The van der Waals surface area contributed by atoms with Crippen LogP contribution in [0.5, 0.6) is 11.5 Å². The molecule has 52 heavy (non-hydrogen) atoms. The lowest BCUT2D eigenvalue weighted by atomic mass is 9.83. The molecule has 0 amide bonds. The van der Waals surface area contributed by atoms with Gasteiger partial charge in [-0.05, 0) is 94.7 Å². The van der Waals surface area contributed by atoms with Gasteiger partial charge < -0.3 is 54.3 Å². The van der Waals surface area contributed by atoms with E-state index in [1.807, 2.05) is 20.8 Å². The summed E-state index contributed by atoms with van der Waals surface area (Å²) >= 11 is 0. The third kappa shape index (κ3) is 10.6. The number of fused-ring (bicyclic) bond motifs is 1. The van der Waals surface area contributed by atoms with Crippen molar-refractivity contribution in [3.8, 4) is 11.5 Å². The van der Waals surface area contributed by atoms with Crippen LogP contribution in [-0.2, 0) is 20.6 Å². The number of aliphatic hydroxyl groups is 6. The van der Waals surface area contributed by atoms with Crippen LogP contribution in [0.25, 0.3) is 0 Å². The summed E-state index contributed by atoms with van der Waals surface area (Å²) in [4.78, 5) is 0. The van der Waals surface area contributed by atoms with E-state index < -0.39 is 61.4 Å². The molecule has 0 radical (unpaired) electrons. The van der Waals surface area contributed by atoms with Crippen molar-refractivity contribution in [3.05, 3.63) is 22.3 Å². The summed E-state index contributed by atoms with van der Waals surface area (Å²) in [6.45, 7) is 18.7. The minimum Gasteiger partial charge on any atom is -0.487 e. The zero-order chi connectivity index (χ0) is 38.5. The van der Waals surface area contributed by atoms with E-state index in [4.69, 9.17) is 23.7 Å². The molecule has 2 fully saturated rings. The van der Waals surface area contributed by atoms with Gasteiger partial charge in [-0.1, -0.05) is 72.6 Å². The fraction of sp³-hybridized carbons (Fsp3) is 0.854. The van der Waals surface area contributed by atoms with Gasteiger partial charge in [0.2, 0.25) is 6.29 Å². The van der Waals surface area contributed by atoms with Crippen molar-refractivity contribution in [2.75, 3.05) is 6.61 Å². The molecular weight excluding hydrogens is 668 g/mol. The Morgan fingerprint density at radius 2 is 1.27 bits per heavy atom. The van der Waals surface area contributed by atoms with E-state index in [9.17, 15) is 30.6 Å². The Labute approximate surface area is 312 Å². The zero-order valence-corrected chi connectivity index (χ0v) is 33.2. The van der Waals surface area contributed by atoms with Gasteiger partial charge >= 0.3 is 0 Å². The highest BCUT2D eigenvalue weighted by Gasteiger charge is 2.48. The average molecular weight is 739 g/mol. The predicted octanol–water partition coefficient (Wildman–Crippen LogP) is 5.17. The molecule has 13 atom stereocenters. The molecule has 0 aromatic heterocycles. The van der Waals surface area contributed by atoms with Crippen LogP contribution in [0.3, 0.4) is 0 Å². The summed E-state index contributed by atoms with van der Waals surface area (Å²) in [6.07, 6.45) is -0.704. The molecule has 3 aliphatic rings. The lowest BCUT2D eigenvalue weighted by Gasteiger charge is -2.43. The van der Waals surface area contributed by atoms with Crippen molar-refractivity contribution >= 4 is 0 Å². The van der Waals surface area contributed by atoms with Crippen LogP contribution < -0.4 is 9.47 Å². The smallest absolute Gasteiger partial charge is 0.229 e. The van der Waals surface area contributed by atoms with Crippen molar-refractivity contribution in [2.45, 2.75) is 200 Å². The molecule has 2 saturated heterocycles. The molecule has 0 aliphatic carbocycles. The van der Waals surface area contributed by atoms with Crippen molar-refractivity contribution in [3.63, 3.8) is 0 Å². The van der Waals surface area contributed by atoms with Crippen molar-refractivity contribution in [2.24, 2.45) is 17.8 Å². The maximum Gasteiger partial charge on any atom is 0.229 e. The Hall–Kier alpha value is -1.54. The SMILES string of the molecule is Cc1c(C)c2c(c(C)c1O[C@@H]1O[C@H](CO[C@@H]3O[C@@H](C)[C@H](O)[C@@H](O)[C@H]3O)[C@@H](O)[C@H](O)[C@H]1O)CC[C@@](C)(CCC[C@H](C)CCC[C@H](C)CCCC(C)C)O2. The normalized spacial score (nSPS) is 34.8. The topological polar surface area (TPSA) is 168 Å². The summed E-state index contributed by atoms with van der Waals surface area (Å²) in [5, 5.41) is 62.8. The first-order chi connectivity index (χ1) is 24.4. The largest absolute Gasteiger partial charge is 0.487 e. The first-order valence-electron chi connectivity index (χ1n) is 19.9. The quantitative estimate of drug-likeness (QED) is 0.125. The van der Waals surface area contributed by atoms with E-state index in [-0.39, 0.29) is 12.2 Å². The second-order valence-corrected chi connectivity index (χ2v) is 17.1. The number of hydrogen-bond donors (Lipinski definition) is 6. The molecule has 11 nitrogen and oxygen atoms in total. The summed E-state index contributed by atoms with van der Waals surface area (Å²) in [7, 11) is 0. The van der Waals surface area contributed by atoms with Crippen molar-refractivity contribution in [1.82, 2.24) is 0 Å². The maximum atomic E-state index is 10.9. The third-order valence-corrected chi connectivity index (χ3v) is 12.0. The standard InChI is InChI=1S/C41H70O11/c1-22(2)13-10-14-23(3)15-11-16-24(4)17-12-19-41(9)20-18-29-27(7)37(25(5)26(6)38(29)52-41)51-40-36(47)34(45)32(43)30(50-40)21-48-39-35(46)33(44)31(42)28(8)49-39/h22-24,28,30-36,39-40,42-47H,10-21H2,1-9H3/t23-,24-,28+,30-,31+,32-,33-,34+,35-,36-,39-,40+,41-/m1/s1. The molecule has 6 N–H and O–H groups in total. The van der Waals surface area contributed by atoms with Gasteiger partial charge in [0.05, 0.1) is 12.7 Å². The fourth-order valence-corrected chi connectivity index (χ4v) is 8.05. The Morgan fingerprint density at radius 3 is 1.90 bits per heavy atom. The monoisotopic (exact) mass is 738 g/mol. The van der Waals surface area contributed by atoms with Crippen LogP contribution in [0.2, 0.25) is 0 Å². The van der Waals surface area contributed by atoms with Crippen LogP contribution in [0.15, 0.2) is 0 Å². The minimum atomic E-state index is -1.61. The van der Waals surface area contributed by atoms with Crippen LogP contribution in [0, 0.1) is 38.5 Å². The second kappa shape index (κ2) is 18.9. The van der Waals surface area contributed by atoms with E-state index in [1.54, 1.807) is 0 Å². The zero-order valence-electron chi connectivity index (χ0n) is 33.2. The summed E-state index contributed by atoms with van der Waals surface area (Å²) < 4.78 is 30.2. The first kappa shape index (κ1) is 43.2. The predicted molar refractivity (Wildman–Crippen MR) is 198 cm³/mol. The van der Waals surface area contributed by atoms with Crippen LogP contribution in [0.1, 0.15) is 128 Å². The Bertz CT molecular complexity index is 1270. The lowest BCUT2D eigenvalue weighted by Crippen LogP contribution is -2.61. The van der Waals surface area contributed by atoms with Gasteiger partial charge in [-0.2, -0.15) is 0 Å². The van der Waals surface area contributed by atoms with Gasteiger partial charge in [0.1, 0.15) is 59.8 Å². The number of rotatable bonds is 17. The van der Waals surface area contributed by atoms with Crippen LogP contribution >= 0.6 is 0 Å². The molecule has 0 saturated carbocycles. The molecule has 1 aromatic rings. The molecule has 0 spiro atoms. The molecule has 1 aromatic carbocycles. The molecule has 11 heteroatoms. The minimum absolute atomic E-state index is 0.263. The summed E-state index contributed by atoms with van der Waals surface area (Å²) in [5.74, 6) is 3.72. The third-order valence-electron chi connectivity index (χ3n) is 12.0. The van der Waals surface area contributed by atoms with E-state index in [1.165, 1.54) is 51.9 Å². The Balaban J connectivity index is 1.33. The molecule has 0 bridgehead atoms.